The molecule has 0 spiro atoms. The van der Waals surface area contributed by atoms with Crippen LogP contribution < -0.4 is 14.8 Å². The van der Waals surface area contributed by atoms with Crippen LogP contribution >= 0.6 is 27.3 Å². The van der Waals surface area contributed by atoms with Crippen molar-refractivity contribution in [1.82, 2.24) is 20.0 Å². The van der Waals surface area contributed by atoms with Crippen LogP contribution in [0.1, 0.15) is 47.2 Å². The largest absolute Gasteiger partial charge is 0.508 e. The van der Waals surface area contributed by atoms with Gasteiger partial charge in [-0.15, -0.1) is 11.3 Å². The van der Waals surface area contributed by atoms with Crippen LogP contribution in [-0.2, 0) is 22.6 Å². The third-order valence-corrected chi connectivity index (χ3v) is 12.4. The van der Waals surface area contributed by atoms with Crippen molar-refractivity contribution in [3.8, 4) is 33.4 Å². The number of hydrogen-bond donors (Lipinski definition) is 2. The molecule has 2 N–H and O–H groups in total. The predicted octanol–water partition coefficient (Wildman–Crippen LogP) is 7.61. The molecule has 10 nitrogen and oxygen atoms in total. The van der Waals surface area contributed by atoms with Gasteiger partial charge < -0.3 is 24.4 Å². The van der Waals surface area contributed by atoms with E-state index in [-0.39, 0.29) is 29.9 Å². The molecular weight excluding hydrogens is 780 g/mol. The number of benzene rings is 4. The number of aromatic hydroxyl groups is 1. The molecule has 3 aliphatic heterocycles. The van der Waals surface area contributed by atoms with E-state index in [1.165, 1.54) is 5.56 Å². The minimum absolute atomic E-state index is 0.124. The lowest BCUT2D eigenvalue weighted by molar-refractivity contribution is -0.136. The number of phenols is 1. The average molecular weight is 824 g/mol. The van der Waals surface area contributed by atoms with Gasteiger partial charge >= 0.3 is 0 Å². The number of amides is 3. The maximum Gasteiger partial charge on any atom is 0.255 e. The van der Waals surface area contributed by atoms with E-state index in [0.717, 1.165) is 106 Å². The molecule has 2 saturated heterocycles. The highest BCUT2D eigenvalue weighted by Gasteiger charge is 2.39. The molecule has 4 heterocycles. The van der Waals surface area contributed by atoms with Crippen LogP contribution in [0.25, 0.3) is 20.5 Å². The third-order valence-electron chi connectivity index (χ3n) is 10.7. The predicted molar refractivity (Wildman–Crippen MR) is 217 cm³/mol. The van der Waals surface area contributed by atoms with E-state index in [1.807, 2.05) is 54.6 Å². The summed E-state index contributed by atoms with van der Waals surface area (Å²) in [5.74, 6) is 1.76. The van der Waals surface area contributed by atoms with Crippen molar-refractivity contribution in [2.75, 3.05) is 45.9 Å². The topological polar surface area (TPSA) is 112 Å². The fourth-order valence-corrected chi connectivity index (χ4v) is 9.09. The number of imide groups is 1. The summed E-state index contributed by atoms with van der Waals surface area (Å²) in [6, 6.07) is 26.8. The maximum absolute atomic E-state index is 13.0. The molecule has 0 saturated carbocycles. The van der Waals surface area contributed by atoms with Gasteiger partial charge in [0.2, 0.25) is 11.8 Å². The van der Waals surface area contributed by atoms with E-state index in [2.05, 4.69) is 49.2 Å². The summed E-state index contributed by atoms with van der Waals surface area (Å²) in [4.78, 5) is 44.5. The van der Waals surface area contributed by atoms with Crippen molar-refractivity contribution in [2.24, 2.45) is 0 Å². The number of carbonyl (C=O) groups is 3. The minimum atomic E-state index is -0.580. The summed E-state index contributed by atoms with van der Waals surface area (Å²) >= 11 is 5.12. The molecule has 8 rings (SSSR count). The number of phenolic OH excluding ortho intramolecular Hbond substituents is 1. The average Bonchev–Trinajstić information content (AvgIpc) is 3.70. The summed E-state index contributed by atoms with van der Waals surface area (Å²) in [5, 5.41) is 13.4. The fraction of sp³-hybridized carbons (Fsp3) is 0.326. The normalized spacial score (nSPS) is 17.8. The van der Waals surface area contributed by atoms with Gasteiger partial charge in [0.15, 0.2) is 5.75 Å². The number of fused-ring (bicyclic) bond motifs is 2. The monoisotopic (exact) mass is 822 g/mol. The molecule has 12 heteroatoms. The maximum atomic E-state index is 13.0. The lowest BCUT2D eigenvalue weighted by atomic mass is 10.0. The van der Waals surface area contributed by atoms with E-state index < -0.39 is 6.04 Å². The quantitative estimate of drug-likeness (QED) is 0.0923. The van der Waals surface area contributed by atoms with Gasteiger partial charge in [-0.3, -0.25) is 24.6 Å². The lowest BCUT2D eigenvalue weighted by Gasteiger charge is -2.34. The van der Waals surface area contributed by atoms with E-state index in [1.54, 1.807) is 28.4 Å². The van der Waals surface area contributed by atoms with Crippen LogP contribution in [0.4, 0.5) is 0 Å². The lowest BCUT2D eigenvalue weighted by Crippen LogP contribution is -2.52. The smallest absolute Gasteiger partial charge is 0.255 e. The zero-order valence-electron chi connectivity index (χ0n) is 30.5. The number of rotatable bonds is 13. The highest BCUT2D eigenvalue weighted by molar-refractivity contribution is 9.10. The fourth-order valence-electron chi connectivity index (χ4n) is 7.65. The first-order chi connectivity index (χ1) is 26.8. The van der Waals surface area contributed by atoms with Gasteiger partial charge in [0.05, 0.1) is 4.88 Å². The number of ether oxygens (including phenoxy) is 2. The summed E-state index contributed by atoms with van der Waals surface area (Å²) < 4.78 is 14.6. The molecule has 3 amide bonds. The first-order valence-electron chi connectivity index (χ1n) is 18.9. The first kappa shape index (κ1) is 37.2. The van der Waals surface area contributed by atoms with E-state index >= 15 is 0 Å². The molecule has 55 heavy (non-hydrogen) atoms. The Bertz CT molecular complexity index is 2200. The van der Waals surface area contributed by atoms with Crippen LogP contribution in [0.15, 0.2) is 89.4 Å². The Labute approximate surface area is 332 Å². The highest BCUT2D eigenvalue weighted by atomic mass is 79.9. The van der Waals surface area contributed by atoms with Gasteiger partial charge in [0, 0.05) is 65.8 Å². The van der Waals surface area contributed by atoms with E-state index in [0.29, 0.717) is 25.1 Å². The summed E-state index contributed by atoms with van der Waals surface area (Å²) in [6.45, 7) is 7.10. The second kappa shape index (κ2) is 16.5. The van der Waals surface area contributed by atoms with Crippen LogP contribution in [0, 0.1) is 0 Å². The second-order valence-corrected chi connectivity index (χ2v) is 16.4. The first-order valence-corrected chi connectivity index (χ1v) is 20.5. The molecule has 0 bridgehead atoms. The number of carbonyl (C=O) groups excluding carboxylic acids is 3. The Morgan fingerprint density at radius 2 is 1.58 bits per heavy atom. The van der Waals surface area contributed by atoms with Gasteiger partial charge in [0.25, 0.3) is 5.91 Å². The number of nitrogens with zero attached hydrogens (tertiary/aromatic N) is 3. The van der Waals surface area contributed by atoms with Crippen molar-refractivity contribution in [3.63, 3.8) is 0 Å². The molecule has 2 fully saturated rings. The van der Waals surface area contributed by atoms with E-state index in [4.69, 9.17) is 9.47 Å². The molecule has 1 atom stereocenters. The minimum Gasteiger partial charge on any atom is -0.508 e. The van der Waals surface area contributed by atoms with Crippen LogP contribution in [0.2, 0.25) is 0 Å². The number of unbranched alkanes of at least 4 members (excludes halogenated alkanes) is 1. The number of piperidine rings is 1. The Morgan fingerprint density at radius 1 is 0.836 bits per heavy atom. The molecule has 4 aromatic carbocycles. The number of aryl methyl sites for hydroxylation is 1. The van der Waals surface area contributed by atoms with Crippen LogP contribution in [0.5, 0.6) is 23.0 Å². The zero-order chi connectivity index (χ0) is 37.9. The molecule has 5 aromatic rings. The second-order valence-electron chi connectivity index (χ2n) is 14.4. The molecule has 3 aliphatic rings. The van der Waals surface area contributed by atoms with Gasteiger partial charge in [0.1, 0.15) is 29.9 Å². The van der Waals surface area contributed by atoms with Gasteiger partial charge in [-0.25, -0.2) is 0 Å². The molecular formula is C43H43BrN4O6S. The number of thiophene rings is 1. The Kier molecular flexibility index (Phi) is 11.2. The molecule has 1 unspecified atom stereocenters. The van der Waals surface area contributed by atoms with Crippen molar-refractivity contribution in [2.45, 2.75) is 44.7 Å². The molecule has 0 radical (unpaired) electrons. The highest BCUT2D eigenvalue weighted by Crippen LogP contribution is 2.47. The standard InChI is InChI=1S/C43H43BrN4O6S/c44-31-7-5-29(6-8-31)41-40(36-15-9-32(49)26-38(36)55-41)54-34-12-10-33(11-13-34)53-24-23-47-21-19-46(20-22-47)18-2-1-3-28-4-14-35-30(25-28)27-48(43(35)52)37-16-17-39(50)45-42(37)51/h4-15,25-26,37,49H,1-3,16-24,27H2,(H,45,50,51). The Hall–Kier alpha value is -4.75. The van der Waals surface area contributed by atoms with E-state index in [9.17, 15) is 19.5 Å². The van der Waals surface area contributed by atoms with Crippen molar-refractivity contribution >= 4 is 55.1 Å². The number of hydrogen-bond acceptors (Lipinski definition) is 9. The van der Waals surface area contributed by atoms with Gasteiger partial charge in [-0.05, 0) is 110 Å². The Balaban J connectivity index is 0.750. The number of piperazine rings is 1. The van der Waals surface area contributed by atoms with Crippen molar-refractivity contribution < 1.29 is 29.0 Å². The summed E-state index contributed by atoms with van der Waals surface area (Å²) in [5.41, 5.74) is 3.90. The van der Waals surface area contributed by atoms with Crippen LogP contribution in [0.3, 0.4) is 0 Å². The summed E-state index contributed by atoms with van der Waals surface area (Å²) in [6.07, 6.45) is 3.77. The molecule has 1 aromatic heterocycles. The third kappa shape index (κ3) is 8.57. The van der Waals surface area contributed by atoms with Crippen molar-refractivity contribution in [3.05, 3.63) is 106 Å². The van der Waals surface area contributed by atoms with Gasteiger partial charge in [-0.1, -0.05) is 40.2 Å². The zero-order valence-corrected chi connectivity index (χ0v) is 32.9. The molecule has 0 aliphatic carbocycles. The van der Waals surface area contributed by atoms with Crippen LogP contribution in [-0.4, -0.2) is 89.4 Å². The summed E-state index contributed by atoms with van der Waals surface area (Å²) in [7, 11) is 0. The number of nitrogens with one attached hydrogen (secondary N) is 1. The Morgan fingerprint density at radius 3 is 2.35 bits per heavy atom. The van der Waals surface area contributed by atoms with Crippen molar-refractivity contribution in [1.29, 1.82) is 0 Å². The van der Waals surface area contributed by atoms with Gasteiger partial charge in [-0.2, -0.15) is 0 Å². The number of halogens is 1. The molecule has 284 valence electrons. The SMILES string of the molecule is O=C1CCC(N2Cc3cc(CCCCN4CCN(CCOc5ccc(Oc6c(-c7ccc(Br)cc7)sc7cc(O)ccc67)cc5)CC4)ccc3C2=O)C(=O)N1.